The summed E-state index contributed by atoms with van der Waals surface area (Å²) in [6, 6.07) is 15.6. The maximum absolute atomic E-state index is 12.5. The highest BCUT2D eigenvalue weighted by Crippen LogP contribution is 2.33. The monoisotopic (exact) mass is 334 g/mol. The average molecular weight is 334 g/mol. The molecule has 3 aromatic rings. The molecule has 0 N–H and O–H groups in total. The third-order valence-electron chi connectivity index (χ3n) is 4.59. The minimum atomic E-state index is -0.0800. The molecule has 1 saturated heterocycles. The Hall–Kier alpha value is -3.02. The fourth-order valence-corrected chi connectivity index (χ4v) is 3.18. The lowest BCUT2D eigenvalue weighted by atomic mass is 10.1. The number of aromatic nitrogens is 3. The standard InChI is InChI=1S/C19H18N4O2/c1-13(14-7-3-2-4-8-14)23-12-15(11-17(23)24)19-21-18(22-25-19)16-9-5-6-10-20-16/h2-10,13,15H,11-12H2,1H3. The Morgan fingerprint density at radius 2 is 1.96 bits per heavy atom. The van der Waals surface area contributed by atoms with Crippen molar-refractivity contribution in [2.24, 2.45) is 0 Å². The summed E-state index contributed by atoms with van der Waals surface area (Å²) in [6.07, 6.45) is 2.08. The average Bonchev–Trinajstić information content (AvgIpc) is 3.29. The van der Waals surface area contributed by atoms with Gasteiger partial charge < -0.3 is 9.42 Å². The topological polar surface area (TPSA) is 72.1 Å². The van der Waals surface area contributed by atoms with E-state index >= 15 is 0 Å². The predicted octanol–water partition coefficient (Wildman–Crippen LogP) is 3.21. The van der Waals surface area contributed by atoms with Crippen molar-refractivity contribution in [1.82, 2.24) is 20.0 Å². The molecule has 25 heavy (non-hydrogen) atoms. The fourth-order valence-electron chi connectivity index (χ4n) is 3.18. The minimum absolute atomic E-state index is 0.0249. The van der Waals surface area contributed by atoms with Gasteiger partial charge in [0, 0.05) is 19.2 Å². The van der Waals surface area contributed by atoms with E-state index in [1.54, 1.807) is 6.20 Å². The van der Waals surface area contributed by atoms with Crippen LogP contribution in [0.25, 0.3) is 11.5 Å². The molecular weight excluding hydrogens is 316 g/mol. The van der Waals surface area contributed by atoms with Gasteiger partial charge in [-0.2, -0.15) is 4.98 Å². The maximum Gasteiger partial charge on any atom is 0.232 e. The van der Waals surface area contributed by atoms with Crippen molar-refractivity contribution >= 4 is 5.91 Å². The first-order chi connectivity index (χ1) is 12.2. The Balaban J connectivity index is 1.52. The van der Waals surface area contributed by atoms with E-state index in [1.807, 2.05) is 60.4 Å². The molecule has 2 unspecified atom stereocenters. The normalized spacial score (nSPS) is 18.5. The molecule has 0 radical (unpaired) electrons. The van der Waals surface area contributed by atoms with E-state index in [0.29, 0.717) is 30.4 Å². The largest absolute Gasteiger partial charge is 0.339 e. The summed E-state index contributed by atoms with van der Waals surface area (Å²) in [5.74, 6) is 0.983. The van der Waals surface area contributed by atoms with E-state index in [-0.39, 0.29) is 17.9 Å². The number of amides is 1. The number of likely N-dealkylation sites (tertiary alicyclic amines) is 1. The van der Waals surface area contributed by atoms with E-state index in [0.717, 1.165) is 5.56 Å². The van der Waals surface area contributed by atoms with E-state index in [2.05, 4.69) is 15.1 Å². The fraction of sp³-hybridized carbons (Fsp3) is 0.263. The number of carbonyl (C=O) groups excluding carboxylic acids is 1. The minimum Gasteiger partial charge on any atom is -0.339 e. The highest BCUT2D eigenvalue weighted by Gasteiger charge is 2.37. The molecule has 1 aliphatic rings. The Morgan fingerprint density at radius 1 is 1.16 bits per heavy atom. The Kier molecular flexibility index (Phi) is 4.01. The van der Waals surface area contributed by atoms with E-state index in [4.69, 9.17) is 4.52 Å². The van der Waals surface area contributed by atoms with Crippen LogP contribution in [0.1, 0.15) is 36.8 Å². The Bertz CT molecular complexity index is 863. The molecule has 6 heteroatoms. The molecule has 1 fully saturated rings. The zero-order chi connectivity index (χ0) is 17.2. The van der Waals surface area contributed by atoms with E-state index < -0.39 is 0 Å². The number of hydrogen-bond donors (Lipinski definition) is 0. The van der Waals surface area contributed by atoms with Gasteiger partial charge in [0.15, 0.2) is 0 Å². The summed E-state index contributed by atoms with van der Waals surface area (Å²) < 4.78 is 5.41. The predicted molar refractivity (Wildman–Crippen MR) is 91.5 cm³/mol. The van der Waals surface area contributed by atoms with Crippen LogP contribution in [-0.4, -0.2) is 32.5 Å². The van der Waals surface area contributed by atoms with Gasteiger partial charge in [-0.15, -0.1) is 0 Å². The van der Waals surface area contributed by atoms with Gasteiger partial charge in [0.1, 0.15) is 5.69 Å². The molecule has 1 aliphatic heterocycles. The van der Waals surface area contributed by atoms with Crippen molar-refractivity contribution in [2.45, 2.75) is 25.3 Å². The summed E-state index contributed by atoms with van der Waals surface area (Å²) in [5, 5.41) is 4.01. The third kappa shape index (κ3) is 3.03. The van der Waals surface area contributed by atoms with Gasteiger partial charge >= 0.3 is 0 Å². The third-order valence-corrected chi connectivity index (χ3v) is 4.59. The van der Waals surface area contributed by atoms with Crippen LogP contribution in [0.5, 0.6) is 0 Å². The van der Waals surface area contributed by atoms with Crippen molar-refractivity contribution in [3.8, 4) is 11.5 Å². The molecule has 0 bridgehead atoms. The van der Waals surface area contributed by atoms with E-state index in [1.165, 1.54) is 0 Å². The summed E-state index contributed by atoms with van der Waals surface area (Å²) in [7, 11) is 0. The summed E-state index contributed by atoms with van der Waals surface area (Å²) in [6.45, 7) is 2.63. The van der Waals surface area contributed by atoms with Crippen LogP contribution >= 0.6 is 0 Å². The van der Waals surface area contributed by atoms with Gasteiger partial charge in [-0.1, -0.05) is 41.6 Å². The quantitative estimate of drug-likeness (QED) is 0.732. The summed E-state index contributed by atoms with van der Waals surface area (Å²) in [5.41, 5.74) is 1.78. The lowest BCUT2D eigenvalue weighted by Crippen LogP contribution is -2.28. The van der Waals surface area contributed by atoms with Crippen LogP contribution in [0, 0.1) is 0 Å². The van der Waals surface area contributed by atoms with Gasteiger partial charge in [-0.3, -0.25) is 9.78 Å². The second-order valence-corrected chi connectivity index (χ2v) is 6.21. The first-order valence-electron chi connectivity index (χ1n) is 8.32. The first kappa shape index (κ1) is 15.5. The number of carbonyl (C=O) groups is 1. The molecule has 1 aromatic carbocycles. The molecule has 6 nitrogen and oxygen atoms in total. The Morgan fingerprint density at radius 3 is 2.72 bits per heavy atom. The highest BCUT2D eigenvalue weighted by atomic mass is 16.5. The van der Waals surface area contributed by atoms with Crippen molar-refractivity contribution < 1.29 is 9.32 Å². The molecular formula is C19H18N4O2. The van der Waals surface area contributed by atoms with Crippen LogP contribution in [0.15, 0.2) is 59.3 Å². The van der Waals surface area contributed by atoms with Gasteiger partial charge in [-0.05, 0) is 24.6 Å². The van der Waals surface area contributed by atoms with Gasteiger partial charge in [0.05, 0.1) is 12.0 Å². The number of rotatable bonds is 4. The smallest absolute Gasteiger partial charge is 0.232 e. The number of hydrogen-bond acceptors (Lipinski definition) is 5. The molecule has 1 amide bonds. The number of benzene rings is 1. The van der Waals surface area contributed by atoms with Crippen molar-refractivity contribution in [3.63, 3.8) is 0 Å². The molecule has 2 aromatic heterocycles. The van der Waals surface area contributed by atoms with Gasteiger partial charge in [0.2, 0.25) is 17.6 Å². The van der Waals surface area contributed by atoms with Crippen LogP contribution in [0.3, 0.4) is 0 Å². The number of nitrogens with zero attached hydrogens (tertiary/aromatic N) is 4. The molecule has 4 rings (SSSR count). The van der Waals surface area contributed by atoms with Crippen LogP contribution in [0.2, 0.25) is 0 Å². The zero-order valence-corrected chi connectivity index (χ0v) is 13.9. The Labute approximate surface area is 145 Å². The second-order valence-electron chi connectivity index (χ2n) is 6.21. The second kappa shape index (κ2) is 6.47. The molecule has 0 saturated carbocycles. The number of pyridine rings is 1. The molecule has 3 heterocycles. The van der Waals surface area contributed by atoms with Crippen LogP contribution in [-0.2, 0) is 4.79 Å². The summed E-state index contributed by atoms with van der Waals surface area (Å²) in [4.78, 5) is 23.0. The van der Waals surface area contributed by atoms with Crippen molar-refractivity contribution in [2.75, 3.05) is 6.54 Å². The van der Waals surface area contributed by atoms with E-state index in [9.17, 15) is 4.79 Å². The lowest BCUT2D eigenvalue weighted by molar-refractivity contribution is -0.129. The van der Waals surface area contributed by atoms with Crippen LogP contribution in [0.4, 0.5) is 0 Å². The molecule has 2 atom stereocenters. The maximum atomic E-state index is 12.5. The van der Waals surface area contributed by atoms with Gasteiger partial charge in [-0.25, -0.2) is 0 Å². The molecule has 0 aliphatic carbocycles. The summed E-state index contributed by atoms with van der Waals surface area (Å²) >= 11 is 0. The first-order valence-corrected chi connectivity index (χ1v) is 8.32. The van der Waals surface area contributed by atoms with Gasteiger partial charge in [0.25, 0.3) is 0 Å². The molecule has 126 valence electrons. The SMILES string of the molecule is CC(c1ccccc1)N1CC(c2nc(-c3ccccn3)no2)CC1=O. The molecule has 0 spiro atoms. The lowest BCUT2D eigenvalue weighted by Gasteiger charge is -2.24. The van der Waals surface area contributed by atoms with Crippen molar-refractivity contribution in [1.29, 1.82) is 0 Å². The highest BCUT2D eigenvalue weighted by molar-refractivity contribution is 5.80. The van der Waals surface area contributed by atoms with Crippen molar-refractivity contribution in [3.05, 3.63) is 66.2 Å². The zero-order valence-electron chi connectivity index (χ0n) is 13.9. The van der Waals surface area contributed by atoms with Crippen LogP contribution < -0.4 is 0 Å².